The van der Waals surface area contributed by atoms with Crippen LogP contribution in [0.1, 0.15) is 58.1 Å². The van der Waals surface area contributed by atoms with Crippen LogP contribution in [-0.2, 0) is 0 Å². The maximum absolute atomic E-state index is 13.5. The Hall–Kier alpha value is -1.05. The maximum atomic E-state index is 13.5. The summed E-state index contributed by atoms with van der Waals surface area (Å²) in [5.74, 6) is 0.281. The van der Waals surface area contributed by atoms with Crippen LogP contribution in [0.4, 0.5) is 10.1 Å². The molecule has 0 unspecified atom stereocenters. The van der Waals surface area contributed by atoms with Crippen molar-refractivity contribution >= 4 is 5.69 Å². The molecule has 0 atom stereocenters. The van der Waals surface area contributed by atoms with Crippen LogP contribution in [0.25, 0.3) is 0 Å². The second-order valence-electron chi connectivity index (χ2n) is 4.27. The zero-order valence-electron chi connectivity index (χ0n) is 9.26. The Labute approximate surface area is 92.5 Å². The van der Waals surface area contributed by atoms with Gasteiger partial charge in [0.2, 0.25) is 0 Å². The first-order chi connectivity index (χ1) is 6.45. The lowest BCUT2D eigenvalue weighted by Crippen LogP contribution is -2.05. The second-order valence-corrected chi connectivity index (χ2v) is 4.27. The van der Waals surface area contributed by atoms with Crippen molar-refractivity contribution in [2.45, 2.75) is 47.0 Å². The number of rotatable bonds is 2. The van der Waals surface area contributed by atoms with Crippen LogP contribution in [0.5, 0.6) is 0 Å². The van der Waals surface area contributed by atoms with Crippen molar-refractivity contribution in [3.63, 3.8) is 0 Å². The van der Waals surface area contributed by atoms with Crippen LogP contribution in [-0.4, -0.2) is 0 Å². The fraction of sp³-hybridized carbons (Fsp3) is 0.538. The molecule has 0 saturated carbocycles. The number of nitrogens with two attached hydrogens (primary N) is 1. The van der Waals surface area contributed by atoms with Gasteiger partial charge in [0.25, 0.3) is 0 Å². The average molecular weight is 211 g/mol. The van der Waals surface area contributed by atoms with Gasteiger partial charge in [0.1, 0.15) is 5.82 Å². The highest BCUT2D eigenvalue weighted by atomic mass is 19.1. The predicted octanol–water partition coefficient (Wildman–Crippen LogP) is 4.29. The molecule has 0 aromatic heterocycles. The summed E-state index contributed by atoms with van der Waals surface area (Å²) in [6, 6.07) is 3.29. The summed E-state index contributed by atoms with van der Waals surface area (Å²) in [7, 11) is 0. The molecule has 0 radical (unpaired) electrons. The van der Waals surface area contributed by atoms with Crippen molar-refractivity contribution in [2.24, 2.45) is 0 Å². The third kappa shape index (κ3) is 2.71. The summed E-state index contributed by atoms with van der Waals surface area (Å²) >= 11 is 0. The van der Waals surface area contributed by atoms with Crippen LogP contribution in [0.2, 0.25) is 0 Å². The monoisotopic (exact) mass is 211 g/mol. The van der Waals surface area contributed by atoms with Crippen LogP contribution >= 0.6 is 0 Å². The summed E-state index contributed by atoms with van der Waals surface area (Å²) in [4.78, 5) is 0. The van der Waals surface area contributed by atoms with E-state index in [0.29, 0.717) is 17.2 Å². The molecule has 86 valence electrons. The van der Waals surface area contributed by atoms with Crippen molar-refractivity contribution in [3.05, 3.63) is 29.1 Å². The Bertz CT molecular complexity index is 330. The molecule has 2 heteroatoms. The van der Waals surface area contributed by atoms with Gasteiger partial charge in [-0.1, -0.05) is 41.2 Å². The lowest BCUT2D eigenvalue weighted by molar-refractivity contribution is 0.598. The van der Waals surface area contributed by atoms with Crippen molar-refractivity contribution in [1.29, 1.82) is 0 Å². The fourth-order valence-corrected chi connectivity index (χ4v) is 1.72. The van der Waals surface area contributed by atoms with Crippen molar-refractivity contribution < 1.29 is 4.39 Å². The molecule has 0 fully saturated rings. The minimum Gasteiger partial charge on any atom is -0.398 e. The smallest absolute Gasteiger partial charge is 0.128 e. The maximum Gasteiger partial charge on any atom is 0.128 e. The number of hydrogen-bond acceptors (Lipinski definition) is 1. The van der Waals surface area contributed by atoms with Crippen molar-refractivity contribution in [1.82, 2.24) is 0 Å². The van der Waals surface area contributed by atoms with E-state index in [4.69, 9.17) is 5.73 Å². The highest BCUT2D eigenvalue weighted by molar-refractivity contribution is 5.56. The van der Waals surface area contributed by atoms with Gasteiger partial charge in [-0.05, 0) is 23.5 Å². The molecule has 0 saturated heterocycles. The van der Waals surface area contributed by atoms with Crippen molar-refractivity contribution in [2.75, 3.05) is 5.73 Å². The van der Waals surface area contributed by atoms with E-state index in [-0.39, 0.29) is 19.2 Å². The highest BCUT2D eigenvalue weighted by Gasteiger charge is 2.15. The van der Waals surface area contributed by atoms with E-state index in [1.165, 1.54) is 6.07 Å². The molecule has 0 bridgehead atoms. The van der Waals surface area contributed by atoms with Gasteiger partial charge in [0, 0.05) is 11.3 Å². The molecule has 0 aliphatic rings. The molecule has 0 aliphatic carbocycles. The Morgan fingerprint density at radius 2 is 1.60 bits per heavy atom. The third-order valence-electron chi connectivity index (χ3n) is 2.47. The lowest BCUT2D eigenvalue weighted by atomic mass is 9.92. The van der Waals surface area contributed by atoms with E-state index in [1.54, 1.807) is 6.07 Å². The van der Waals surface area contributed by atoms with Crippen LogP contribution in [0.3, 0.4) is 0 Å². The Kier molecular flexibility index (Phi) is 4.79. The lowest BCUT2D eigenvalue weighted by Gasteiger charge is -2.16. The van der Waals surface area contributed by atoms with E-state index in [0.717, 1.165) is 5.56 Å². The van der Waals surface area contributed by atoms with Gasteiger partial charge in [-0.25, -0.2) is 4.39 Å². The topological polar surface area (TPSA) is 26.0 Å². The molecule has 15 heavy (non-hydrogen) atoms. The summed E-state index contributed by atoms with van der Waals surface area (Å²) in [5.41, 5.74) is 8.25. The van der Waals surface area contributed by atoms with Crippen LogP contribution in [0.15, 0.2) is 12.1 Å². The van der Waals surface area contributed by atoms with Crippen molar-refractivity contribution in [3.8, 4) is 0 Å². The molecule has 1 aromatic rings. The summed E-state index contributed by atoms with van der Waals surface area (Å²) < 4.78 is 13.5. The van der Waals surface area contributed by atoms with E-state index in [2.05, 4.69) is 13.8 Å². The number of nitrogen functional groups attached to an aromatic ring is 1. The molecule has 0 aliphatic heterocycles. The van der Waals surface area contributed by atoms with E-state index in [9.17, 15) is 4.39 Å². The van der Waals surface area contributed by atoms with Gasteiger partial charge in [-0.2, -0.15) is 0 Å². The molecule has 1 nitrogen and oxygen atoms in total. The van der Waals surface area contributed by atoms with Gasteiger partial charge < -0.3 is 5.73 Å². The van der Waals surface area contributed by atoms with Gasteiger partial charge in [-0.3, -0.25) is 0 Å². The van der Waals surface area contributed by atoms with Gasteiger partial charge >= 0.3 is 0 Å². The number of hydrogen-bond donors (Lipinski definition) is 1. The van der Waals surface area contributed by atoms with Gasteiger partial charge in [-0.15, -0.1) is 0 Å². The molecular formula is C13H22FN. The quantitative estimate of drug-likeness (QED) is 0.725. The van der Waals surface area contributed by atoms with E-state index < -0.39 is 0 Å². The summed E-state index contributed by atoms with van der Waals surface area (Å²) in [5, 5.41) is 0. The second kappa shape index (κ2) is 5.15. The number of anilines is 1. The molecular weight excluding hydrogens is 189 g/mol. The third-order valence-corrected chi connectivity index (χ3v) is 2.47. The molecule has 1 aromatic carbocycles. The molecule has 0 spiro atoms. The van der Waals surface area contributed by atoms with E-state index >= 15 is 0 Å². The molecule has 1 rings (SSSR count). The first-order valence-electron chi connectivity index (χ1n) is 5.03. The number of halogens is 1. The highest BCUT2D eigenvalue weighted by Crippen LogP contribution is 2.31. The molecule has 0 heterocycles. The van der Waals surface area contributed by atoms with Gasteiger partial charge in [0.15, 0.2) is 0 Å². The first-order valence-corrected chi connectivity index (χ1v) is 5.03. The molecule has 2 N–H and O–H groups in total. The number of benzene rings is 1. The zero-order valence-corrected chi connectivity index (χ0v) is 9.26. The SMILES string of the molecule is C.CC(C)c1ccc(F)c(C(C)C)c1N. The zero-order chi connectivity index (χ0) is 10.9. The Morgan fingerprint density at radius 1 is 1.07 bits per heavy atom. The first kappa shape index (κ1) is 13.9. The van der Waals surface area contributed by atoms with Crippen LogP contribution in [0, 0.1) is 5.82 Å². The Morgan fingerprint density at radius 3 is 2.00 bits per heavy atom. The molecule has 0 amide bonds. The summed E-state index contributed by atoms with van der Waals surface area (Å²) in [6.07, 6.45) is 0. The minimum absolute atomic E-state index is 0. The Balaban J connectivity index is 0.00000196. The fourth-order valence-electron chi connectivity index (χ4n) is 1.72. The van der Waals surface area contributed by atoms with Crippen LogP contribution < -0.4 is 5.73 Å². The van der Waals surface area contributed by atoms with Gasteiger partial charge in [0.05, 0.1) is 0 Å². The average Bonchev–Trinajstić information content (AvgIpc) is 2.02. The predicted molar refractivity (Wildman–Crippen MR) is 65.7 cm³/mol. The van der Waals surface area contributed by atoms with E-state index in [1.807, 2.05) is 13.8 Å². The largest absolute Gasteiger partial charge is 0.398 e. The normalized spacial score (nSPS) is 10.6. The standard InChI is InChI=1S/C12H18FN.CH4/c1-7(2)9-5-6-10(13)11(8(3)4)12(9)14;/h5-8H,14H2,1-4H3;1H4. The summed E-state index contributed by atoms with van der Waals surface area (Å²) in [6.45, 7) is 8.04. The minimum atomic E-state index is -0.193.